The number of benzene rings is 2. The minimum Gasteiger partial charge on any atom is -0.325 e. The Morgan fingerprint density at radius 1 is 1.17 bits per heavy atom. The zero-order valence-corrected chi connectivity index (χ0v) is 18.0. The number of thioether (sulfide) groups is 1. The van der Waals surface area contributed by atoms with Gasteiger partial charge in [0.05, 0.1) is 10.7 Å². The highest BCUT2D eigenvalue weighted by Gasteiger charge is 2.12. The lowest BCUT2D eigenvalue weighted by Gasteiger charge is -2.09. The van der Waals surface area contributed by atoms with E-state index in [-0.39, 0.29) is 24.3 Å². The molecule has 3 rings (SSSR count). The normalized spacial score (nSPS) is 10.7. The maximum Gasteiger partial charge on any atom is 0.254 e. The zero-order valence-electron chi connectivity index (χ0n) is 15.7. The highest BCUT2D eigenvalue weighted by molar-refractivity contribution is 7.98. The van der Waals surface area contributed by atoms with Crippen molar-refractivity contribution in [3.05, 3.63) is 85.8 Å². The number of aromatic nitrogens is 2. The fraction of sp³-hybridized carbons (Fsp3) is 0.190. The van der Waals surface area contributed by atoms with Crippen LogP contribution >= 0.6 is 35.0 Å². The highest BCUT2D eigenvalue weighted by atomic mass is 35.5. The summed E-state index contributed by atoms with van der Waals surface area (Å²) in [6, 6.07) is 14.8. The molecule has 0 aliphatic rings. The molecule has 0 saturated heterocycles. The number of aromatic amines is 1. The monoisotopic (exact) mass is 447 g/mol. The third-order valence-corrected chi connectivity index (χ3v) is 5.72. The highest BCUT2D eigenvalue weighted by Crippen LogP contribution is 2.25. The number of carbonyl (C=O) groups is 1. The van der Waals surface area contributed by atoms with E-state index in [4.69, 9.17) is 23.2 Å². The Bertz CT molecular complexity index is 1070. The molecule has 0 aliphatic carbocycles. The predicted octanol–water partition coefficient (Wildman–Crippen LogP) is 5.25. The molecule has 5 nitrogen and oxygen atoms in total. The van der Waals surface area contributed by atoms with Gasteiger partial charge in [-0.05, 0) is 37.1 Å². The van der Waals surface area contributed by atoms with Gasteiger partial charge in [0.15, 0.2) is 5.16 Å². The van der Waals surface area contributed by atoms with Crippen molar-refractivity contribution in [2.45, 2.75) is 30.7 Å². The Morgan fingerprint density at radius 2 is 1.93 bits per heavy atom. The third-order valence-electron chi connectivity index (χ3n) is 4.23. The molecule has 0 bridgehead atoms. The number of anilines is 1. The maximum atomic E-state index is 12.5. The average molecular weight is 448 g/mol. The van der Waals surface area contributed by atoms with E-state index in [1.807, 2.05) is 30.3 Å². The SMILES string of the molecule is Cc1nc(SCc2ccccc2)[nH]c(=O)c1CCC(=O)Nc1ccc(Cl)cc1Cl. The summed E-state index contributed by atoms with van der Waals surface area (Å²) in [7, 11) is 0. The summed E-state index contributed by atoms with van der Waals surface area (Å²) in [5.74, 6) is 0.475. The van der Waals surface area contributed by atoms with E-state index >= 15 is 0 Å². The van der Waals surface area contributed by atoms with Gasteiger partial charge in [-0.25, -0.2) is 4.98 Å². The van der Waals surface area contributed by atoms with Crippen LogP contribution in [0.2, 0.25) is 10.0 Å². The standard InChI is InChI=1S/C21H19Cl2N3O2S/c1-13-16(8-10-19(27)25-18-9-7-15(22)11-17(18)23)20(28)26-21(24-13)29-12-14-5-3-2-4-6-14/h2-7,9,11H,8,10,12H2,1H3,(H,25,27)(H,24,26,28). The van der Waals surface area contributed by atoms with E-state index in [1.54, 1.807) is 25.1 Å². The number of H-pyrrole nitrogens is 1. The maximum absolute atomic E-state index is 12.5. The van der Waals surface area contributed by atoms with Gasteiger partial charge in [0.25, 0.3) is 5.56 Å². The van der Waals surface area contributed by atoms with Crippen LogP contribution in [0.25, 0.3) is 0 Å². The van der Waals surface area contributed by atoms with Gasteiger partial charge in [-0.3, -0.25) is 9.59 Å². The first-order valence-electron chi connectivity index (χ1n) is 8.94. The molecular weight excluding hydrogens is 429 g/mol. The number of carbonyl (C=O) groups excluding carboxylic acids is 1. The number of nitrogens with zero attached hydrogens (tertiary/aromatic N) is 1. The van der Waals surface area contributed by atoms with Gasteiger partial charge in [-0.15, -0.1) is 0 Å². The van der Waals surface area contributed by atoms with E-state index in [9.17, 15) is 9.59 Å². The average Bonchev–Trinajstić information content (AvgIpc) is 2.69. The van der Waals surface area contributed by atoms with Crippen LogP contribution in [0.4, 0.5) is 5.69 Å². The van der Waals surface area contributed by atoms with E-state index in [1.165, 1.54) is 11.8 Å². The number of rotatable bonds is 7. The van der Waals surface area contributed by atoms with Gasteiger partial charge in [0.2, 0.25) is 5.91 Å². The van der Waals surface area contributed by atoms with Gasteiger partial charge in [-0.2, -0.15) is 0 Å². The van der Waals surface area contributed by atoms with Crippen molar-refractivity contribution in [3.8, 4) is 0 Å². The van der Waals surface area contributed by atoms with E-state index in [2.05, 4.69) is 15.3 Å². The molecule has 0 atom stereocenters. The van der Waals surface area contributed by atoms with Crippen LogP contribution in [-0.4, -0.2) is 15.9 Å². The molecule has 1 amide bonds. The molecule has 0 fully saturated rings. The Morgan fingerprint density at radius 3 is 2.62 bits per heavy atom. The Balaban J connectivity index is 1.60. The molecule has 29 heavy (non-hydrogen) atoms. The number of aryl methyl sites for hydroxylation is 1. The molecule has 0 aliphatic heterocycles. The first-order valence-corrected chi connectivity index (χ1v) is 10.7. The van der Waals surface area contributed by atoms with Gasteiger partial charge in [0, 0.05) is 28.5 Å². The minimum absolute atomic E-state index is 0.140. The van der Waals surface area contributed by atoms with Gasteiger partial charge in [-0.1, -0.05) is 65.3 Å². The second-order valence-electron chi connectivity index (χ2n) is 6.38. The lowest BCUT2D eigenvalue weighted by Crippen LogP contribution is -2.20. The molecule has 1 heterocycles. The van der Waals surface area contributed by atoms with Crippen molar-refractivity contribution in [1.29, 1.82) is 0 Å². The molecule has 2 N–H and O–H groups in total. The summed E-state index contributed by atoms with van der Waals surface area (Å²) in [4.78, 5) is 32.0. The molecule has 0 saturated carbocycles. The fourth-order valence-electron chi connectivity index (χ4n) is 2.72. The van der Waals surface area contributed by atoms with Crippen LogP contribution < -0.4 is 10.9 Å². The smallest absolute Gasteiger partial charge is 0.254 e. The molecular formula is C21H19Cl2N3O2S. The summed E-state index contributed by atoms with van der Waals surface area (Å²) < 4.78 is 0. The van der Waals surface area contributed by atoms with Crippen LogP contribution in [0.15, 0.2) is 58.5 Å². The zero-order chi connectivity index (χ0) is 20.8. The number of amides is 1. The topological polar surface area (TPSA) is 74.8 Å². The van der Waals surface area contributed by atoms with Crippen LogP contribution in [0.1, 0.15) is 23.2 Å². The number of hydrogen-bond acceptors (Lipinski definition) is 4. The summed E-state index contributed by atoms with van der Waals surface area (Å²) in [6.45, 7) is 1.78. The number of halogens is 2. The number of hydrogen-bond donors (Lipinski definition) is 2. The summed E-state index contributed by atoms with van der Waals surface area (Å²) in [6.07, 6.45) is 0.426. The van der Waals surface area contributed by atoms with Crippen molar-refractivity contribution in [2.24, 2.45) is 0 Å². The Labute approximate surface area is 182 Å². The summed E-state index contributed by atoms with van der Waals surface area (Å²) in [5.41, 5.74) is 2.55. The summed E-state index contributed by atoms with van der Waals surface area (Å²) in [5, 5.41) is 4.15. The molecule has 8 heteroatoms. The second kappa shape index (κ2) is 9.96. The van der Waals surface area contributed by atoms with E-state index in [0.717, 1.165) is 5.56 Å². The molecule has 0 unspecified atom stereocenters. The lowest BCUT2D eigenvalue weighted by molar-refractivity contribution is -0.116. The number of nitrogens with one attached hydrogen (secondary N) is 2. The first kappa shape index (κ1) is 21.4. The van der Waals surface area contributed by atoms with Gasteiger partial charge < -0.3 is 10.3 Å². The first-order chi connectivity index (χ1) is 13.9. The molecule has 0 radical (unpaired) electrons. The predicted molar refractivity (Wildman–Crippen MR) is 119 cm³/mol. The van der Waals surface area contributed by atoms with E-state index < -0.39 is 0 Å². The molecule has 150 valence electrons. The lowest BCUT2D eigenvalue weighted by atomic mass is 10.1. The van der Waals surface area contributed by atoms with Crippen LogP contribution in [0, 0.1) is 6.92 Å². The van der Waals surface area contributed by atoms with Crippen LogP contribution in [0.5, 0.6) is 0 Å². The Kier molecular flexibility index (Phi) is 7.36. The van der Waals surface area contributed by atoms with Crippen molar-refractivity contribution in [2.75, 3.05) is 5.32 Å². The molecule has 3 aromatic rings. The van der Waals surface area contributed by atoms with E-state index in [0.29, 0.717) is 37.9 Å². The quantitative estimate of drug-likeness (QED) is 0.383. The minimum atomic E-state index is -0.240. The fourth-order valence-corrected chi connectivity index (χ4v) is 4.03. The van der Waals surface area contributed by atoms with Crippen LogP contribution in [-0.2, 0) is 17.0 Å². The third kappa shape index (κ3) is 6.10. The van der Waals surface area contributed by atoms with Gasteiger partial charge >= 0.3 is 0 Å². The molecule has 0 spiro atoms. The Hall–Kier alpha value is -2.28. The second-order valence-corrected chi connectivity index (χ2v) is 8.19. The van der Waals surface area contributed by atoms with Crippen molar-refractivity contribution >= 4 is 46.6 Å². The molecule has 2 aromatic carbocycles. The van der Waals surface area contributed by atoms with Crippen molar-refractivity contribution in [1.82, 2.24) is 9.97 Å². The van der Waals surface area contributed by atoms with Crippen LogP contribution in [0.3, 0.4) is 0 Å². The largest absolute Gasteiger partial charge is 0.325 e. The van der Waals surface area contributed by atoms with Gasteiger partial charge in [0.1, 0.15) is 0 Å². The summed E-state index contributed by atoms with van der Waals surface area (Å²) >= 11 is 13.4. The van der Waals surface area contributed by atoms with Crippen molar-refractivity contribution < 1.29 is 4.79 Å². The van der Waals surface area contributed by atoms with Crippen molar-refractivity contribution in [3.63, 3.8) is 0 Å². The molecule has 1 aromatic heterocycles.